The van der Waals surface area contributed by atoms with Crippen LogP contribution in [0.4, 0.5) is 5.69 Å². The number of halogens is 1. The molecule has 3 heterocycles. The molecule has 0 saturated carbocycles. The van der Waals surface area contributed by atoms with Crippen LogP contribution >= 0.6 is 11.6 Å². The molecule has 3 amide bonds. The number of hydrogen-bond donors (Lipinski definition) is 3. The van der Waals surface area contributed by atoms with Crippen molar-refractivity contribution >= 4 is 35.0 Å². The smallest absolute Gasteiger partial charge is 0.250 e. The number of nitrogens with one attached hydrogen (secondary N) is 2. The Morgan fingerprint density at radius 2 is 1.83 bits per heavy atom. The molecule has 2 aromatic rings. The zero-order chi connectivity index (χ0) is 25.5. The topological polar surface area (TPSA) is 108 Å². The fourth-order valence-electron chi connectivity index (χ4n) is 6.42. The van der Waals surface area contributed by atoms with Gasteiger partial charge in [0.2, 0.25) is 17.7 Å². The number of nitrogens with zero attached hydrogens (tertiary/aromatic N) is 1. The monoisotopic (exact) mass is 511 g/mol. The van der Waals surface area contributed by atoms with E-state index in [0.717, 1.165) is 5.56 Å². The molecule has 36 heavy (non-hydrogen) atoms. The average Bonchev–Trinajstić information content (AvgIpc) is 3.49. The fourth-order valence-corrected chi connectivity index (χ4v) is 6.61. The van der Waals surface area contributed by atoms with Gasteiger partial charge in [0.05, 0.1) is 34.8 Å². The summed E-state index contributed by atoms with van der Waals surface area (Å²) >= 11 is 6.26. The Kier molecular flexibility index (Phi) is 6.53. The lowest BCUT2D eigenvalue weighted by molar-refractivity contribution is -0.146. The maximum Gasteiger partial charge on any atom is 0.250 e. The molecule has 2 unspecified atom stereocenters. The Labute approximate surface area is 215 Å². The van der Waals surface area contributed by atoms with Crippen LogP contribution in [0.2, 0.25) is 5.02 Å². The van der Waals surface area contributed by atoms with Crippen LogP contribution in [0.3, 0.4) is 0 Å². The molecule has 0 aromatic heterocycles. The predicted molar refractivity (Wildman–Crippen MR) is 134 cm³/mol. The Morgan fingerprint density at radius 1 is 1.11 bits per heavy atom. The number of β-amino-alcohol motifs (C(OH)–C–C–N with tert-alkyl or cyclic N) is 1. The number of amides is 3. The highest BCUT2D eigenvalue weighted by Crippen LogP contribution is 2.64. The van der Waals surface area contributed by atoms with Gasteiger partial charge in [-0.15, -0.1) is 0 Å². The number of fused-ring (bicyclic) bond motifs is 1. The molecule has 3 saturated heterocycles. The molecule has 190 valence electrons. The molecule has 2 bridgehead atoms. The maximum atomic E-state index is 13.8. The van der Waals surface area contributed by atoms with E-state index in [4.69, 9.17) is 16.3 Å². The van der Waals surface area contributed by atoms with Gasteiger partial charge >= 0.3 is 0 Å². The first-order chi connectivity index (χ1) is 17.4. The molecular weight excluding hydrogens is 482 g/mol. The van der Waals surface area contributed by atoms with Gasteiger partial charge < -0.3 is 25.4 Å². The molecule has 2 aromatic carbocycles. The first-order valence-corrected chi connectivity index (χ1v) is 12.7. The number of aliphatic hydroxyl groups is 1. The summed E-state index contributed by atoms with van der Waals surface area (Å²) in [5.41, 5.74) is -0.598. The highest BCUT2D eigenvalue weighted by atomic mass is 35.5. The summed E-state index contributed by atoms with van der Waals surface area (Å²) in [6, 6.07) is 15.4. The van der Waals surface area contributed by atoms with Crippen molar-refractivity contribution in [1.82, 2.24) is 10.2 Å². The third-order valence-electron chi connectivity index (χ3n) is 7.99. The van der Waals surface area contributed by atoms with E-state index in [-0.39, 0.29) is 25.0 Å². The van der Waals surface area contributed by atoms with Crippen LogP contribution in [0.5, 0.6) is 0 Å². The summed E-state index contributed by atoms with van der Waals surface area (Å²) in [6.07, 6.45) is 1.59. The summed E-state index contributed by atoms with van der Waals surface area (Å²) in [5.74, 6) is -2.57. The van der Waals surface area contributed by atoms with Crippen molar-refractivity contribution in [2.24, 2.45) is 11.8 Å². The summed E-state index contributed by atoms with van der Waals surface area (Å²) in [4.78, 5) is 42.4. The second-order valence-corrected chi connectivity index (χ2v) is 10.2. The van der Waals surface area contributed by atoms with Crippen molar-refractivity contribution in [3.8, 4) is 0 Å². The third-order valence-corrected chi connectivity index (χ3v) is 8.32. The number of carbonyl (C=O) groups is 3. The number of para-hydroxylation sites is 1. The van der Waals surface area contributed by atoms with Gasteiger partial charge in [0, 0.05) is 13.1 Å². The first-order valence-electron chi connectivity index (χ1n) is 12.4. The fraction of sp³-hybridized carbons (Fsp3) is 0.444. The van der Waals surface area contributed by atoms with Gasteiger partial charge in [0.15, 0.2) is 0 Å². The minimum absolute atomic E-state index is 0.0292. The van der Waals surface area contributed by atoms with E-state index >= 15 is 0 Å². The summed E-state index contributed by atoms with van der Waals surface area (Å²) in [5, 5.41) is 15.9. The van der Waals surface area contributed by atoms with Crippen molar-refractivity contribution in [2.45, 2.75) is 50.0 Å². The van der Waals surface area contributed by atoms with Gasteiger partial charge in [-0.2, -0.15) is 0 Å². The molecule has 3 fully saturated rings. The van der Waals surface area contributed by atoms with E-state index in [9.17, 15) is 19.5 Å². The van der Waals surface area contributed by atoms with Crippen LogP contribution in [0, 0.1) is 11.8 Å². The van der Waals surface area contributed by atoms with Gasteiger partial charge in [-0.1, -0.05) is 61.0 Å². The molecule has 5 rings (SSSR count). The highest BCUT2D eigenvalue weighted by Gasteiger charge is 2.78. The zero-order valence-electron chi connectivity index (χ0n) is 20.1. The van der Waals surface area contributed by atoms with E-state index in [1.165, 1.54) is 4.90 Å². The number of hydrogen-bond acceptors (Lipinski definition) is 5. The number of benzene rings is 2. The van der Waals surface area contributed by atoms with E-state index in [0.29, 0.717) is 36.5 Å². The van der Waals surface area contributed by atoms with Crippen LogP contribution < -0.4 is 10.6 Å². The van der Waals surface area contributed by atoms with Crippen LogP contribution in [0.15, 0.2) is 54.6 Å². The molecule has 0 aliphatic carbocycles. The van der Waals surface area contributed by atoms with Gasteiger partial charge in [0.25, 0.3) is 0 Å². The van der Waals surface area contributed by atoms with E-state index in [1.807, 2.05) is 37.3 Å². The molecule has 0 radical (unpaired) electrons. The molecule has 3 N–H and O–H groups in total. The van der Waals surface area contributed by atoms with Crippen molar-refractivity contribution in [3.05, 3.63) is 65.2 Å². The SMILES string of the molecule is CC[C@]12CCC3(O1)C(C(=O)Nc1ccccc1Cl)N(CCO)C(=O)[C@@H]3[C@H]2C(=O)NCc1ccccc1. The summed E-state index contributed by atoms with van der Waals surface area (Å²) in [7, 11) is 0. The largest absolute Gasteiger partial charge is 0.395 e. The summed E-state index contributed by atoms with van der Waals surface area (Å²) < 4.78 is 6.66. The van der Waals surface area contributed by atoms with Crippen molar-refractivity contribution < 1.29 is 24.2 Å². The lowest BCUT2D eigenvalue weighted by Crippen LogP contribution is -2.53. The predicted octanol–water partition coefficient (Wildman–Crippen LogP) is 2.74. The number of anilines is 1. The van der Waals surface area contributed by atoms with Gasteiger partial charge in [-0.25, -0.2) is 0 Å². The van der Waals surface area contributed by atoms with E-state index < -0.39 is 35.0 Å². The Balaban J connectivity index is 1.47. The molecule has 3 aliphatic rings. The third kappa shape index (κ3) is 3.79. The number of carbonyl (C=O) groups excluding carboxylic acids is 3. The van der Waals surface area contributed by atoms with Crippen LogP contribution in [0.25, 0.3) is 0 Å². The number of aliphatic hydroxyl groups excluding tert-OH is 1. The molecule has 1 spiro atoms. The van der Waals surface area contributed by atoms with Crippen LogP contribution in [-0.2, 0) is 25.7 Å². The first kappa shape index (κ1) is 24.7. The minimum Gasteiger partial charge on any atom is -0.395 e. The number of ether oxygens (including phenoxy) is 1. The molecule has 5 atom stereocenters. The molecular formula is C27H30ClN3O5. The van der Waals surface area contributed by atoms with E-state index in [1.54, 1.807) is 24.3 Å². The molecule has 8 nitrogen and oxygen atoms in total. The second kappa shape index (κ2) is 9.50. The Morgan fingerprint density at radius 3 is 2.53 bits per heavy atom. The lowest BCUT2D eigenvalue weighted by Gasteiger charge is -2.34. The second-order valence-electron chi connectivity index (χ2n) is 9.76. The summed E-state index contributed by atoms with van der Waals surface area (Å²) in [6.45, 7) is 1.94. The number of rotatable bonds is 8. The lowest BCUT2D eigenvalue weighted by atomic mass is 9.65. The Hall–Kier alpha value is -2.94. The van der Waals surface area contributed by atoms with Gasteiger partial charge in [-0.05, 0) is 37.0 Å². The van der Waals surface area contributed by atoms with Crippen molar-refractivity contribution in [2.75, 3.05) is 18.5 Å². The zero-order valence-corrected chi connectivity index (χ0v) is 20.8. The average molecular weight is 512 g/mol. The van der Waals surface area contributed by atoms with Gasteiger partial charge in [-0.3, -0.25) is 14.4 Å². The molecule has 9 heteroatoms. The van der Waals surface area contributed by atoms with Crippen molar-refractivity contribution in [3.63, 3.8) is 0 Å². The maximum absolute atomic E-state index is 13.8. The standard InChI is InChI=1S/C27H30ClN3O5/c1-2-26-12-13-27(36-26)21(20(26)23(33)29-16-17-8-4-3-5-9-17)25(35)31(14-15-32)22(27)24(34)30-19-11-7-6-10-18(19)28/h3-11,20-22,32H,2,12-16H2,1H3,(H,29,33)(H,30,34)/t20-,21-,22?,26+,27?/m0/s1. The van der Waals surface area contributed by atoms with Gasteiger partial charge in [0.1, 0.15) is 11.6 Å². The normalized spacial score (nSPS) is 30.4. The minimum atomic E-state index is -1.15. The van der Waals surface area contributed by atoms with Crippen molar-refractivity contribution in [1.29, 1.82) is 0 Å². The Bertz CT molecular complexity index is 1180. The van der Waals surface area contributed by atoms with E-state index in [2.05, 4.69) is 10.6 Å². The highest BCUT2D eigenvalue weighted by molar-refractivity contribution is 6.33. The number of likely N-dealkylation sites (tertiary alicyclic amines) is 1. The quantitative estimate of drug-likeness (QED) is 0.505. The molecule has 3 aliphatic heterocycles. The van der Waals surface area contributed by atoms with Crippen LogP contribution in [-0.4, -0.2) is 58.1 Å². The van der Waals surface area contributed by atoms with Crippen LogP contribution in [0.1, 0.15) is 31.7 Å².